The molecule has 20 heavy (non-hydrogen) atoms. The second kappa shape index (κ2) is 6.69. The van der Waals surface area contributed by atoms with E-state index < -0.39 is 10.0 Å². The van der Waals surface area contributed by atoms with E-state index in [4.69, 9.17) is 0 Å². The van der Waals surface area contributed by atoms with Crippen LogP contribution in [-0.2, 0) is 16.6 Å². The van der Waals surface area contributed by atoms with Crippen LogP contribution in [0.1, 0.15) is 39.1 Å². The van der Waals surface area contributed by atoms with Gasteiger partial charge in [-0.15, -0.1) is 0 Å². The number of sulfonamides is 1. The molecular formula is C13H26N4O2S. The van der Waals surface area contributed by atoms with Gasteiger partial charge in [0.1, 0.15) is 4.90 Å². The quantitative estimate of drug-likeness (QED) is 0.800. The Hall–Kier alpha value is -0.920. The molecule has 1 rings (SSSR count). The molecule has 1 heterocycles. The first-order valence-corrected chi connectivity index (χ1v) is 8.36. The lowest BCUT2D eigenvalue weighted by atomic mass is 10.2. The number of aryl methyl sites for hydroxylation is 1. The highest BCUT2D eigenvalue weighted by molar-refractivity contribution is 7.89. The largest absolute Gasteiger partial charge is 0.314 e. The molecule has 6 nitrogen and oxygen atoms in total. The Balaban J connectivity index is 3.29. The molecule has 0 fully saturated rings. The fourth-order valence-electron chi connectivity index (χ4n) is 2.16. The molecular weight excluding hydrogens is 276 g/mol. The standard InChI is InChI=1S/C13H26N4O2S/c1-9(2)8-17(10(3)4)20(18,19)13-11(5)15-16-12(13)7-14-6/h9-10,14H,7-8H2,1-6H3,(H,15,16). The maximum Gasteiger partial charge on any atom is 0.247 e. The molecule has 0 aliphatic carbocycles. The highest BCUT2D eigenvalue weighted by Gasteiger charge is 2.32. The van der Waals surface area contributed by atoms with Crippen LogP contribution in [0.15, 0.2) is 4.90 Å². The molecule has 0 atom stereocenters. The molecule has 0 amide bonds. The van der Waals surface area contributed by atoms with Crippen LogP contribution in [-0.4, -0.2) is 42.6 Å². The third-order valence-corrected chi connectivity index (χ3v) is 5.24. The van der Waals surface area contributed by atoms with Crippen LogP contribution in [0.5, 0.6) is 0 Å². The van der Waals surface area contributed by atoms with Crippen LogP contribution in [0.4, 0.5) is 0 Å². The van der Waals surface area contributed by atoms with Crippen LogP contribution in [0.2, 0.25) is 0 Å². The molecule has 7 heteroatoms. The van der Waals surface area contributed by atoms with Gasteiger partial charge in [0, 0.05) is 19.1 Å². The molecule has 0 aliphatic heterocycles. The Labute approximate surface area is 122 Å². The SMILES string of the molecule is CNCc1n[nH]c(C)c1S(=O)(=O)N(CC(C)C)C(C)C. The van der Waals surface area contributed by atoms with Gasteiger partial charge in [0.2, 0.25) is 10.0 Å². The number of hydrogen-bond donors (Lipinski definition) is 2. The van der Waals surface area contributed by atoms with E-state index in [9.17, 15) is 8.42 Å². The lowest BCUT2D eigenvalue weighted by Gasteiger charge is -2.27. The summed E-state index contributed by atoms with van der Waals surface area (Å²) in [4.78, 5) is 0.307. The summed E-state index contributed by atoms with van der Waals surface area (Å²) in [5.74, 6) is 0.270. The van der Waals surface area contributed by atoms with Crippen LogP contribution < -0.4 is 5.32 Å². The normalized spacial score (nSPS) is 12.8. The van der Waals surface area contributed by atoms with Gasteiger partial charge in [0.25, 0.3) is 0 Å². The van der Waals surface area contributed by atoms with Crippen molar-refractivity contribution >= 4 is 10.0 Å². The number of aromatic amines is 1. The zero-order valence-corrected chi connectivity index (χ0v) is 14.0. The summed E-state index contributed by atoms with van der Waals surface area (Å²) in [6.45, 7) is 10.5. The number of H-pyrrole nitrogens is 1. The summed E-state index contributed by atoms with van der Waals surface area (Å²) in [7, 11) is -1.76. The van der Waals surface area contributed by atoms with E-state index in [-0.39, 0.29) is 12.0 Å². The molecule has 0 aromatic carbocycles. The summed E-state index contributed by atoms with van der Waals surface area (Å²) in [6.07, 6.45) is 0. The Bertz CT molecular complexity index is 535. The molecule has 0 spiro atoms. The first-order chi connectivity index (χ1) is 9.21. The van der Waals surface area contributed by atoms with Crippen molar-refractivity contribution in [1.82, 2.24) is 19.8 Å². The highest BCUT2D eigenvalue weighted by atomic mass is 32.2. The van der Waals surface area contributed by atoms with Gasteiger partial charge in [0.05, 0.1) is 11.4 Å². The summed E-state index contributed by atoms with van der Waals surface area (Å²) < 4.78 is 27.4. The number of rotatable bonds is 7. The second-order valence-electron chi connectivity index (χ2n) is 5.72. The van der Waals surface area contributed by atoms with E-state index in [0.717, 1.165) is 0 Å². The fourth-order valence-corrected chi connectivity index (χ4v) is 4.29. The van der Waals surface area contributed by atoms with Crippen LogP contribution in [0, 0.1) is 12.8 Å². The van der Waals surface area contributed by atoms with Crippen molar-refractivity contribution in [3.05, 3.63) is 11.4 Å². The molecule has 116 valence electrons. The van der Waals surface area contributed by atoms with E-state index in [1.165, 1.54) is 0 Å². The average Bonchev–Trinajstić information content (AvgIpc) is 2.68. The molecule has 0 aliphatic rings. The highest BCUT2D eigenvalue weighted by Crippen LogP contribution is 2.24. The number of aromatic nitrogens is 2. The minimum Gasteiger partial charge on any atom is -0.314 e. The van der Waals surface area contributed by atoms with Crippen molar-refractivity contribution in [2.75, 3.05) is 13.6 Å². The van der Waals surface area contributed by atoms with E-state index in [1.807, 2.05) is 27.7 Å². The zero-order chi connectivity index (χ0) is 15.5. The predicted molar refractivity (Wildman–Crippen MR) is 80.0 cm³/mol. The van der Waals surface area contributed by atoms with E-state index in [1.54, 1.807) is 18.3 Å². The van der Waals surface area contributed by atoms with E-state index in [2.05, 4.69) is 15.5 Å². The average molecular weight is 302 g/mol. The zero-order valence-electron chi connectivity index (χ0n) is 13.2. The Kier molecular flexibility index (Phi) is 5.73. The van der Waals surface area contributed by atoms with Crippen molar-refractivity contribution in [3.63, 3.8) is 0 Å². The van der Waals surface area contributed by atoms with E-state index >= 15 is 0 Å². The fraction of sp³-hybridized carbons (Fsp3) is 0.769. The third-order valence-electron chi connectivity index (χ3n) is 2.99. The first-order valence-electron chi connectivity index (χ1n) is 6.92. The van der Waals surface area contributed by atoms with Crippen molar-refractivity contribution in [3.8, 4) is 0 Å². The van der Waals surface area contributed by atoms with Gasteiger partial charge in [-0.3, -0.25) is 5.10 Å². The van der Waals surface area contributed by atoms with Crippen molar-refractivity contribution in [2.24, 2.45) is 5.92 Å². The van der Waals surface area contributed by atoms with Crippen molar-refractivity contribution in [1.29, 1.82) is 0 Å². The monoisotopic (exact) mass is 302 g/mol. The lowest BCUT2D eigenvalue weighted by Crippen LogP contribution is -2.40. The Morgan fingerprint density at radius 1 is 1.30 bits per heavy atom. The summed E-state index contributed by atoms with van der Waals surface area (Å²) >= 11 is 0. The van der Waals surface area contributed by atoms with Crippen molar-refractivity contribution in [2.45, 2.75) is 52.1 Å². The minimum absolute atomic E-state index is 0.0841. The van der Waals surface area contributed by atoms with Gasteiger partial charge in [-0.05, 0) is 33.7 Å². The second-order valence-corrected chi connectivity index (χ2v) is 7.54. The maximum atomic E-state index is 12.9. The molecule has 2 N–H and O–H groups in total. The van der Waals surface area contributed by atoms with Crippen LogP contribution in [0.3, 0.4) is 0 Å². The van der Waals surface area contributed by atoms with Gasteiger partial charge >= 0.3 is 0 Å². The first kappa shape index (κ1) is 17.1. The van der Waals surface area contributed by atoms with Gasteiger partial charge in [-0.25, -0.2) is 8.42 Å². The van der Waals surface area contributed by atoms with Gasteiger partial charge < -0.3 is 5.32 Å². The summed E-state index contributed by atoms with van der Waals surface area (Å²) in [5, 5.41) is 9.83. The number of nitrogens with zero attached hydrogens (tertiary/aromatic N) is 2. The predicted octanol–water partition coefficient (Wildman–Crippen LogP) is 1.49. The smallest absolute Gasteiger partial charge is 0.247 e. The van der Waals surface area contributed by atoms with Crippen molar-refractivity contribution < 1.29 is 8.42 Å². The molecule has 0 saturated carbocycles. The Morgan fingerprint density at radius 3 is 2.35 bits per heavy atom. The van der Waals surface area contributed by atoms with Crippen LogP contribution >= 0.6 is 0 Å². The third kappa shape index (κ3) is 3.59. The van der Waals surface area contributed by atoms with Crippen LogP contribution in [0.25, 0.3) is 0 Å². The molecule has 0 unspecified atom stereocenters. The van der Waals surface area contributed by atoms with Gasteiger partial charge in [-0.1, -0.05) is 13.8 Å². The molecule has 1 aromatic heterocycles. The lowest BCUT2D eigenvalue weighted by molar-refractivity contribution is 0.318. The van der Waals surface area contributed by atoms with E-state index in [0.29, 0.717) is 29.4 Å². The van der Waals surface area contributed by atoms with Gasteiger partial charge in [-0.2, -0.15) is 9.40 Å². The summed E-state index contributed by atoms with van der Waals surface area (Å²) in [6, 6.07) is -0.0841. The number of nitrogens with one attached hydrogen (secondary N) is 2. The summed E-state index contributed by atoms with van der Waals surface area (Å²) in [5.41, 5.74) is 1.13. The molecule has 0 radical (unpaired) electrons. The van der Waals surface area contributed by atoms with Gasteiger partial charge in [0.15, 0.2) is 0 Å². The molecule has 0 bridgehead atoms. The minimum atomic E-state index is -3.54. The Morgan fingerprint density at radius 2 is 1.90 bits per heavy atom. The topological polar surface area (TPSA) is 78.1 Å². The number of hydrogen-bond acceptors (Lipinski definition) is 4. The maximum absolute atomic E-state index is 12.9. The molecule has 1 aromatic rings. The molecule has 0 saturated heterocycles.